The second-order valence-electron chi connectivity index (χ2n) is 3.70. The SMILES string of the molecule is C=Cn1c(C)ccc1C=Cc1ccccc1. The van der Waals surface area contributed by atoms with Crippen LogP contribution in [-0.4, -0.2) is 4.57 Å². The quantitative estimate of drug-likeness (QED) is 0.718. The van der Waals surface area contributed by atoms with Crippen molar-refractivity contribution in [1.82, 2.24) is 4.57 Å². The summed E-state index contributed by atoms with van der Waals surface area (Å²) in [5.74, 6) is 0. The lowest BCUT2D eigenvalue weighted by atomic mass is 10.2. The van der Waals surface area contributed by atoms with E-state index in [0.29, 0.717) is 0 Å². The number of benzene rings is 1. The normalized spacial score (nSPS) is 10.8. The Morgan fingerprint density at radius 1 is 1.00 bits per heavy atom. The van der Waals surface area contributed by atoms with Gasteiger partial charge in [-0.15, -0.1) is 0 Å². The van der Waals surface area contributed by atoms with Crippen molar-refractivity contribution in [3.8, 4) is 0 Å². The van der Waals surface area contributed by atoms with Crippen molar-refractivity contribution >= 4 is 18.4 Å². The van der Waals surface area contributed by atoms with Gasteiger partial charge in [-0.3, -0.25) is 0 Å². The molecule has 2 aromatic rings. The van der Waals surface area contributed by atoms with Crippen LogP contribution in [0.2, 0.25) is 0 Å². The van der Waals surface area contributed by atoms with Crippen LogP contribution in [0.1, 0.15) is 17.0 Å². The molecule has 0 fully saturated rings. The molecule has 0 aliphatic rings. The zero-order valence-electron chi connectivity index (χ0n) is 9.43. The zero-order chi connectivity index (χ0) is 11.4. The van der Waals surface area contributed by atoms with Crippen molar-refractivity contribution in [3.05, 3.63) is 66.0 Å². The van der Waals surface area contributed by atoms with Crippen LogP contribution in [0, 0.1) is 6.92 Å². The Hall–Kier alpha value is -2.02. The first-order valence-electron chi connectivity index (χ1n) is 5.35. The van der Waals surface area contributed by atoms with Gasteiger partial charge in [0.2, 0.25) is 0 Å². The van der Waals surface area contributed by atoms with Gasteiger partial charge in [-0.1, -0.05) is 43.0 Å². The molecule has 1 heteroatoms. The molecule has 0 aliphatic heterocycles. The Bertz CT molecular complexity index is 503. The highest BCUT2D eigenvalue weighted by Gasteiger charge is 1.97. The van der Waals surface area contributed by atoms with Gasteiger partial charge in [-0.05, 0) is 30.7 Å². The lowest BCUT2D eigenvalue weighted by Gasteiger charge is -2.00. The van der Waals surface area contributed by atoms with Crippen LogP contribution in [-0.2, 0) is 0 Å². The minimum Gasteiger partial charge on any atom is -0.322 e. The Morgan fingerprint density at radius 3 is 2.44 bits per heavy atom. The van der Waals surface area contributed by atoms with Crippen LogP contribution in [0.5, 0.6) is 0 Å². The van der Waals surface area contributed by atoms with E-state index in [0.717, 1.165) is 5.69 Å². The number of hydrogen-bond acceptors (Lipinski definition) is 0. The van der Waals surface area contributed by atoms with E-state index in [1.54, 1.807) is 0 Å². The number of hydrogen-bond donors (Lipinski definition) is 0. The summed E-state index contributed by atoms with van der Waals surface area (Å²) in [7, 11) is 0. The van der Waals surface area contributed by atoms with E-state index in [-0.39, 0.29) is 0 Å². The smallest absolute Gasteiger partial charge is 0.0452 e. The molecule has 0 aliphatic carbocycles. The van der Waals surface area contributed by atoms with Crippen molar-refractivity contribution in [2.75, 3.05) is 0 Å². The highest BCUT2D eigenvalue weighted by molar-refractivity contribution is 5.69. The summed E-state index contributed by atoms with van der Waals surface area (Å²) in [5.41, 5.74) is 3.55. The van der Waals surface area contributed by atoms with Crippen molar-refractivity contribution < 1.29 is 0 Å². The van der Waals surface area contributed by atoms with Crippen molar-refractivity contribution in [3.63, 3.8) is 0 Å². The molecule has 0 N–H and O–H groups in total. The van der Waals surface area contributed by atoms with Gasteiger partial charge in [-0.25, -0.2) is 0 Å². The zero-order valence-corrected chi connectivity index (χ0v) is 9.43. The third-order valence-corrected chi connectivity index (χ3v) is 2.58. The summed E-state index contributed by atoms with van der Waals surface area (Å²) in [6.45, 7) is 5.88. The number of nitrogens with zero attached hydrogens (tertiary/aromatic N) is 1. The van der Waals surface area contributed by atoms with Gasteiger partial charge >= 0.3 is 0 Å². The molecule has 0 amide bonds. The van der Waals surface area contributed by atoms with Gasteiger partial charge in [0.15, 0.2) is 0 Å². The second kappa shape index (κ2) is 4.67. The molecule has 1 nitrogen and oxygen atoms in total. The van der Waals surface area contributed by atoms with Crippen LogP contribution in [0.15, 0.2) is 49.0 Å². The first kappa shape index (κ1) is 10.5. The topological polar surface area (TPSA) is 4.93 Å². The molecule has 0 unspecified atom stereocenters. The van der Waals surface area contributed by atoms with Crippen LogP contribution in [0.25, 0.3) is 18.4 Å². The minimum atomic E-state index is 1.15. The predicted molar refractivity (Wildman–Crippen MR) is 70.9 cm³/mol. The molecule has 1 aromatic carbocycles. The highest BCUT2D eigenvalue weighted by Crippen LogP contribution is 2.12. The van der Waals surface area contributed by atoms with E-state index < -0.39 is 0 Å². The van der Waals surface area contributed by atoms with Gasteiger partial charge < -0.3 is 4.57 Å². The molecule has 1 heterocycles. The Balaban J connectivity index is 2.27. The molecule has 80 valence electrons. The Kier molecular flexibility index (Phi) is 3.06. The lowest BCUT2D eigenvalue weighted by Crippen LogP contribution is -1.90. The van der Waals surface area contributed by atoms with Crippen LogP contribution in [0.3, 0.4) is 0 Å². The van der Waals surface area contributed by atoms with Crippen LogP contribution >= 0.6 is 0 Å². The van der Waals surface area contributed by atoms with E-state index in [1.165, 1.54) is 11.3 Å². The monoisotopic (exact) mass is 209 g/mol. The molecule has 0 bridgehead atoms. The average molecular weight is 209 g/mol. The fourth-order valence-corrected chi connectivity index (χ4v) is 1.70. The molecular weight excluding hydrogens is 194 g/mol. The fourth-order valence-electron chi connectivity index (χ4n) is 1.70. The molecular formula is C15H15N. The van der Waals surface area contributed by atoms with E-state index in [4.69, 9.17) is 0 Å². The summed E-state index contributed by atoms with van der Waals surface area (Å²) >= 11 is 0. The lowest BCUT2D eigenvalue weighted by molar-refractivity contribution is 1.07. The summed E-state index contributed by atoms with van der Waals surface area (Å²) in [4.78, 5) is 0. The largest absolute Gasteiger partial charge is 0.322 e. The summed E-state index contributed by atoms with van der Waals surface area (Å²) in [6.07, 6.45) is 6.04. The van der Waals surface area contributed by atoms with Crippen LogP contribution < -0.4 is 0 Å². The number of aromatic nitrogens is 1. The summed E-state index contributed by atoms with van der Waals surface area (Å²) in [5, 5.41) is 0. The van der Waals surface area contributed by atoms with Crippen molar-refractivity contribution in [2.45, 2.75) is 6.92 Å². The molecule has 0 atom stereocenters. The van der Waals surface area contributed by atoms with E-state index in [1.807, 2.05) is 24.4 Å². The second-order valence-corrected chi connectivity index (χ2v) is 3.70. The van der Waals surface area contributed by atoms with Gasteiger partial charge in [0.05, 0.1) is 0 Å². The van der Waals surface area contributed by atoms with Gasteiger partial charge in [0, 0.05) is 17.6 Å². The molecule has 16 heavy (non-hydrogen) atoms. The van der Waals surface area contributed by atoms with Crippen LogP contribution in [0.4, 0.5) is 0 Å². The van der Waals surface area contributed by atoms with E-state index in [9.17, 15) is 0 Å². The predicted octanol–water partition coefficient (Wildman–Crippen LogP) is 4.07. The maximum Gasteiger partial charge on any atom is 0.0452 e. The third kappa shape index (κ3) is 2.14. The molecule has 0 saturated carbocycles. The molecule has 0 saturated heterocycles. The van der Waals surface area contributed by atoms with Crippen molar-refractivity contribution in [2.24, 2.45) is 0 Å². The maximum absolute atomic E-state index is 3.81. The molecule has 0 radical (unpaired) electrons. The standard InChI is InChI=1S/C15H15N/c1-3-16-13(2)9-11-15(16)12-10-14-7-5-4-6-8-14/h3-12H,1H2,2H3. The molecule has 1 aromatic heterocycles. The third-order valence-electron chi connectivity index (χ3n) is 2.58. The van der Waals surface area contributed by atoms with Crippen molar-refractivity contribution in [1.29, 1.82) is 0 Å². The average Bonchev–Trinajstić information content (AvgIpc) is 2.68. The fraction of sp³-hybridized carbons (Fsp3) is 0.0667. The van der Waals surface area contributed by atoms with Gasteiger partial charge in [-0.2, -0.15) is 0 Å². The highest BCUT2D eigenvalue weighted by atomic mass is 15.0. The first-order valence-corrected chi connectivity index (χ1v) is 5.35. The number of rotatable bonds is 3. The summed E-state index contributed by atoms with van der Waals surface area (Å²) < 4.78 is 2.07. The van der Waals surface area contributed by atoms with E-state index >= 15 is 0 Å². The molecule has 2 rings (SSSR count). The first-order chi connectivity index (χ1) is 7.81. The molecule has 0 spiro atoms. The Morgan fingerprint density at radius 2 is 1.75 bits per heavy atom. The Labute approximate surface area is 96.4 Å². The number of aryl methyl sites for hydroxylation is 1. The summed E-state index contributed by atoms with van der Waals surface area (Å²) in [6, 6.07) is 14.5. The van der Waals surface area contributed by atoms with Gasteiger partial charge in [0.1, 0.15) is 0 Å². The maximum atomic E-state index is 3.81. The minimum absolute atomic E-state index is 1.15. The van der Waals surface area contributed by atoms with E-state index in [2.05, 4.69) is 54.5 Å². The van der Waals surface area contributed by atoms with Gasteiger partial charge in [0.25, 0.3) is 0 Å².